The van der Waals surface area contributed by atoms with Crippen LogP contribution >= 0.6 is 23.4 Å². The fourth-order valence-electron chi connectivity index (χ4n) is 2.61. The number of nitrogens with zero attached hydrogens (tertiary/aromatic N) is 4. The highest BCUT2D eigenvalue weighted by Crippen LogP contribution is 2.34. The van der Waals surface area contributed by atoms with Crippen LogP contribution in [-0.2, 0) is 11.9 Å². The van der Waals surface area contributed by atoms with Gasteiger partial charge in [0, 0.05) is 23.5 Å². The topological polar surface area (TPSA) is 43.1 Å². The van der Waals surface area contributed by atoms with Crippen LogP contribution in [0.4, 0.5) is 13.2 Å². The summed E-state index contributed by atoms with van der Waals surface area (Å²) in [4.78, 5) is 4.38. The summed E-state index contributed by atoms with van der Waals surface area (Å²) in [6.45, 7) is 0. The van der Waals surface area contributed by atoms with Crippen molar-refractivity contribution >= 4 is 39.9 Å². The Hall–Kier alpha value is -2.32. The quantitative estimate of drug-likeness (QED) is 0.445. The van der Waals surface area contributed by atoms with Gasteiger partial charge in [-0.2, -0.15) is 13.2 Å². The summed E-state index contributed by atoms with van der Waals surface area (Å²) in [5.74, 6) is 0.489. The number of para-hydroxylation sites is 1. The van der Waals surface area contributed by atoms with Gasteiger partial charge in [0.05, 0.1) is 16.1 Å². The Morgan fingerprint density at radius 1 is 1.12 bits per heavy atom. The number of thioether (sulfide) groups is 1. The second-order valence-electron chi connectivity index (χ2n) is 5.53. The molecule has 0 N–H and O–H groups in total. The van der Waals surface area contributed by atoms with E-state index < -0.39 is 11.7 Å². The molecule has 26 heavy (non-hydrogen) atoms. The summed E-state index contributed by atoms with van der Waals surface area (Å²) in [6, 6.07) is 10.5. The average Bonchev–Trinajstić information content (AvgIpc) is 3.03. The summed E-state index contributed by atoms with van der Waals surface area (Å²) in [7, 11) is 0. The Morgan fingerprint density at radius 3 is 2.73 bits per heavy atom. The highest BCUT2D eigenvalue weighted by molar-refractivity contribution is 7.98. The predicted molar refractivity (Wildman–Crippen MR) is 94.3 cm³/mol. The van der Waals surface area contributed by atoms with E-state index in [1.165, 1.54) is 16.2 Å². The van der Waals surface area contributed by atoms with Gasteiger partial charge in [-0.3, -0.25) is 9.38 Å². The van der Waals surface area contributed by atoms with Crippen LogP contribution in [0.5, 0.6) is 0 Å². The van der Waals surface area contributed by atoms with Crippen molar-refractivity contribution in [3.8, 4) is 0 Å². The first kappa shape index (κ1) is 17.1. The largest absolute Gasteiger partial charge is 0.417 e. The SMILES string of the molecule is FC(F)(F)c1cc(Cl)c2nnc(SCc3cccc4cccnc34)n2c1. The predicted octanol–water partition coefficient (Wildman–Crippen LogP) is 5.24. The van der Waals surface area contributed by atoms with Crippen molar-refractivity contribution in [2.75, 3.05) is 0 Å². The first-order valence-corrected chi connectivity index (χ1v) is 8.87. The van der Waals surface area contributed by atoms with Crippen LogP contribution in [0.1, 0.15) is 11.1 Å². The van der Waals surface area contributed by atoms with E-state index in [2.05, 4.69) is 15.2 Å². The van der Waals surface area contributed by atoms with Gasteiger partial charge in [-0.05, 0) is 17.7 Å². The number of alkyl halides is 3. The lowest BCUT2D eigenvalue weighted by Crippen LogP contribution is -2.07. The third kappa shape index (κ3) is 3.10. The van der Waals surface area contributed by atoms with Crippen molar-refractivity contribution in [2.45, 2.75) is 17.1 Å². The van der Waals surface area contributed by atoms with Gasteiger partial charge >= 0.3 is 6.18 Å². The number of aromatic nitrogens is 4. The first-order valence-electron chi connectivity index (χ1n) is 7.50. The minimum absolute atomic E-state index is 0.0917. The van der Waals surface area contributed by atoms with E-state index >= 15 is 0 Å². The molecule has 0 aliphatic rings. The maximum absolute atomic E-state index is 13.0. The fraction of sp³-hybridized carbons (Fsp3) is 0.118. The zero-order chi connectivity index (χ0) is 18.3. The van der Waals surface area contributed by atoms with E-state index in [4.69, 9.17) is 11.6 Å². The fourth-order valence-corrected chi connectivity index (χ4v) is 3.75. The zero-order valence-corrected chi connectivity index (χ0v) is 14.6. The average molecular weight is 395 g/mol. The van der Waals surface area contributed by atoms with Crippen LogP contribution in [0.3, 0.4) is 0 Å². The molecule has 0 atom stereocenters. The molecule has 0 aliphatic heterocycles. The lowest BCUT2D eigenvalue weighted by Gasteiger charge is -2.09. The monoisotopic (exact) mass is 394 g/mol. The van der Waals surface area contributed by atoms with Crippen molar-refractivity contribution in [3.05, 3.63) is 64.9 Å². The van der Waals surface area contributed by atoms with Crippen molar-refractivity contribution < 1.29 is 13.2 Å². The zero-order valence-electron chi connectivity index (χ0n) is 13.0. The molecular formula is C17H10ClF3N4S. The number of hydrogen-bond acceptors (Lipinski definition) is 4. The highest BCUT2D eigenvalue weighted by Gasteiger charge is 2.32. The molecule has 0 aliphatic carbocycles. The molecule has 0 saturated carbocycles. The van der Waals surface area contributed by atoms with Crippen LogP contribution in [0.15, 0.2) is 53.9 Å². The van der Waals surface area contributed by atoms with Crippen LogP contribution in [0, 0.1) is 0 Å². The first-order chi connectivity index (χ1) is 12.4. The Labute approximate surface area is 155 Å². The molecule has 132 valence electrons. The Balaban J connectivity index is 1.70. The molecule has 0 saturated heterocycles. The second kappa shape index (κ2) is 6.44. The van der Waals surface area contributed by atoms with Gasteiger partial charge in [0.1, 0.15) is 0 Å². The molecule has 4 nitrogen and oxygen atoms in total. The molecular weight excluding hydrogens is 385 g/mol. The van der Waals surface area contributed by atoms with Gasteiger partial charge in [-0.15, -0.1) is 10.2 Å². The normalized spacial score (nSPS) is 12.2. The van der Waals surface area contributed by atoms with Crippen LogP contribution in [0.25, 0.3) is 16.6 Å². The molecule has 0 radical (unpaired) electrons. The van der Waals surface area contributed by atoms with Gasteiger partial charge in [0.2, 0.25) is 0 Å². The van der Waals surface area contributed by atoms with Crippen LogP contribution < -0.4 is 0 Å². The third-order valence-electron chi connectivity index (χ3n) is 3.83. The van der Waals surface area contributed by atoms with Gasteiger partial charge in [-0.25, -0.2) is 0 Å². The molecule has 9 heteroatoms. The van der Waals surface area contributed by atoms with Crippen molar-refractivity contribution in [1.29, 1.82) is 0 Å². The molecule has 0 amide bonds. The molecule has 4 aromatic rings. The molecule has 3 aromatic heterocycles. The third-order valence-corrected chi connectivity index (χ3v) is 5.10. The molecule has 0 bridgehead atoms. The van der Waals surface area contributed by atoms with E-state index in [-0.39, 0.29) is 10.7 Å². The molecule has 3 heterocycles. The van der Waals surface area contributed by atoms with Crippen LogP contribution in [0.2, 0.25) is 5.02 Å². The number of pyridine rings is 2. The summed E-state index contributed by atoms with van der Waals surface area (Å²) < 4.78 is 40.4. The number of hydrogen-bond donors (Lipinski definition) is 0. The van der Waals surface area contributed by atoms with Crippen molar-refractivity contribution in [3.63, 3.8) is 0 Å². The summed E-state index contributed by atoms with van der Waals surface area (Å²) in [5.41, 5.74) is 1.16. The Kier molecular flexibility index (Phi) is 4.24. The van der Waals surface area contributed by atoms with Gasteiger partial charge < -0.3 is 0 Å². The number of benzene rings is 1. The maximum atomic E-state index is 13.0. The van der Waals surface area contributed by atoms with Crippen molar-refractivity contribution in [1.82, 2.24) is 19.6 Å². The minimum atomic E-state index is -4.50. The number of halogens is 4. The lowest BCUT2D eigenvalue weighted by atomic mass is 10.1. The van der Waals surface area contributed by atoms with E-state index in [0.717, 1.165) is 28.7 Å². The lowest BCUT2D eigenvalue weighted by molar-refractivity contribution is -0.137. The summed E-state index contributed by atoms with van der Waals surface area (Å²) >= 11 is 7.21. The van der Waals surface area contributed by atoms with E-state index in [1.807, 2.05) is 30.3 Å². The summed E-state index contributed by atoms with van der Waals surface area (Å²) in [6.07, 6.45) is -1.83. The number of fused-ring (bicyclic) bond motifs is 2. The number of rotatable bonds is 3. The Morgan fingerprint density at radius 2 is 1.92 bits per heavy atom. The summed E-state index contributed by atoms with van der Waals surface area (Å²) in [5, 5.41) is 9.11. The highest BCUT2D eigenvalue weighted by atomic mass is 35.5. The van der Waals surface area contributed by atoms with E-state index in [1.54, 1.807) is 6.20 Å². The molecule has 0 fully saturated rings. The van der Waals surface area contributed by atoms with E-state index in [9.17, 15) is 13.2 Å². The van der Waals surface area contributed by atoms with Gasteiger partial charge in [0.15, 0.2) is 10.8 Å². The molecule has 0 spiro atoms. The van der Waals surface area contributed by atoms with Gasteiger partial charge in [-0.1, -0.05) is 47.6 Å². The van der Waals surface area contributed by atoms with Gasteiger partial charge in [0.25, 0.3) is 0 Å². The van der Waals surface area contributed by atoms with E-state index in [0.29, 0.717) is 10.9 Å². The minimum Gasteiger partial charge on any atom is -0.276 e. The van der Waals surface area contributed by atoms with Crippen LogP contribution in [-0.4, -0.2) is 19.6 Å². The smallest absolute Gasteiger partial charge is 0.276 e. The maximum Gasteiger partial charge on any atom is 0.417 e. The second-order valence-corrected chi connectivity index (χ2v) is 6.88. The standard InChI is InChI=1S/C17H10ClF3N4S/c18-13-7-12(17(19,20)21)8-25-15(13)23-24-16(25)26-9-11-4-1-3-10-5-2-6-22-14(10)11/h1-8H,9H2. The molecule has 1 aromatic carbocycles. The Bertz CT molecular complexity index is 1110. The molecule has 0 unspecified atom stereocenters. The van der Waals surface area contributed by atoms with Crippen molar-refractivity contribution in [2.24, 2.45) is 0 Å². The molecule has 4 rings (SSSR count).